The Labute approximate surface area is 182 Å². The molecule has 0 unspecified atom stereocenters. The molecule has 2 amide bonds. The Balaban J connectivity index is 1.83. The Hall–Kier alpha value is -2.64. The molecule has 2 heterocycles. The SMILES string of the molecule is CCOCCCN1C(=O)C(Nc2ccc(N(CC)CC)cc2)=C(c2cccs2)C1=O. The van der Waals surface area contributed by atoms with Crippen molar-refractivity contribution >= 4 is 40.1 Å². The maximum absolute atomic E-state index is 13.1. The maximum atomic E-state index is 13.1. The zero-order chi connectivity index (χ0) is 21.5. The molecule has 0 radical (unpaired) electrons. The molecule has 6 nitrogen and oxygen atoms in total. The van der Waals surface area contributed by atoms with E-state index in [2.05, 4.69) is 24.1 Å². The van der Waals surface area contributed by atoms with E-state index in [1.807, 2.05) is 48.7 Å². The van der Waals surface area contributed by atoms with Crippen LogP contribution < -0.4 is 10.2 Å². The highest BCUT2D eigenvalue weighted by molar-refractivity contribution is 7.11. The van der Waals surface area contributed by atoms with Gasteiger partial charge in [-0.1, -0.05) is 6.07 Å². The molecule has 3 rings (SSSR count). The Morgan fingerprint density at radius 3 is 2.37 bits per heavy atom. The molecule has 0 fully saturated rings. The summed E-state index contributed by atoms with van der Waals surface area (Å²) in [4.78, 5) is 30.5. The fourth-order valence-electron chi connectivity index (χ4n) is 3.50. The molecule has 1 N–H and O–H groups in total. The van der Waals surface area contributed by atoms with Crippen LogP contribution in [0.2, 0.25) is 0 Å². The summed E-state index contributed by atoms with van der Waals surface area (Å²) in [5.41, 5.74) is 2.70. The number of thiophene rings is 1. The van der Waals surface area contributed by atoms with Gasteiger partial charge in [0.05, 0.1) is 5.57 Å². The van der Waals surface area contributed by atoms with Crippen molar-refractivity contribution in [1.82, 2.24) is 4.90 Å². The van der Waals surface area contributed by atoms with Gasteiger partial charge in [-0.2, -0.15) is 0 Å². The van der Waals surface area contributed by atoms with E-state index in [4.69, 9.17) is 4.74 Å². The van der Waals surface area contributed by atoms with Gasteiger partial charge >= 0.3 is 0 Å². The van der Waals surface area contributed by atoms with E-state index in [-0.39, 0.29) is 11.8 Å². The summed E-state index contributed by atoms with van der Waals surface area (Å²) < 4.78 is 5.35. The summed E-state index contributed by atoms with van der Waals surface area (Å²) in [6.45, 7) is 9.53. The lowest BCUT2D eigenvalue weighted by Gasteiger charge is -2.21. The average Bonchev–Trinajstić information content (AvgIpc) is 3.36. The first kappa shape index (κ1) is 22.1. The molecule has 1 aliphatic heterocycles. The third-order valence-electron chi connectivity index (χ3n) is 5.08. The zero-order valence-corrected chi connectivity index (χ0v) is 18.6. The molecule has 0 atom stereocenters. The number of rotatable bonds is 11. The number of nitrogens with zero attached hydrogens (tertiary/aromatic N) is 2. The molecule has 1 aliphatic rings. The summed E-state index contributed by atoms with van der Waals surface area (Å²) in [5.74, 6) is -0.533. The van der Waals surface area contributed by atoms with Crippen molar-refractivity contribution < 1.29 is 14.3 Å². The van der Waals surface area contributed by atoms with Crippen molar-refractivity contribution in [2.45, 2.75) is 27.2 Å². The summed E-state index contributed by atoms with van der Waals surface area (Å²) in [7, 11) is 0. The summed E-state index contributed by atoms with van der Waals surface area (Å²) >= 11 is 1.46. The van der Waals surface area contributed by atoms with Gasteiger partial charge in [-0.15, -0.1) is 11.3 Å². The molecule has 160 valence electrons. The van der Waals surface area contributed by atoms with Gasteiger partial charge in [0.2, 0.25) is 0 Å². The second-order valence-corrected chi connectivity index (χ2v) is 7.83. The van der Waals surface area contributed by atoms with Gasteiger partial charge in [0.1, 0.15) is 5.70 Å². The van der Waals surface area contributed by atoms with Crippen LogP contribution in [0.5, 0.6) is 0 Å². The zero-order valence-electron chi connectivity index (χ0n) is 17.8. The quantitative estimate of drug-likeness (QED) is 0.430. The van der Waals surface area contributed by atoms with Crippen molar-refractivity contribution in [3.63, 3.8) is 0 Å². The maximum Gasteiger partial charge on any atom is 0.278 e. The number of imide groups is 1. The number of anilines is 2. The third kappa shape index (κ3) is 4.74. The second-order valence-electron chi connectivity index (χ2n) is 6.88. The lowest BCUT2D eigenvalue weighted by molar-refractivity contribution is -0.137. The molecular weight excluding hydrogens is 398 g/mol. The standard InChI is InChI=1S/C23H29N3O3S/c1-4-25(5-2)18-12-10-17(11-13-18)24-21-20(19-9-7-16-30-19)22(27)26(23(21)28)14-8-15-29-6-3/h7,9-13,16,24H,4-6,8,14-15H2,1-3H3. The van der Waals surface area contributed by atoms with E-state index >= 15 is 0 Å². The predicted octanol–water partition coefficient (Wildman–Crippen LogP) is 4.21. The van der Waals surface area contributed by atoms with E-state index in [0.29, 0.717) is 37.4 Å². The van der Waals surface area contributed by atoms with Crippen LogP contribution in [0, 0.1) is 0 Å². The van der Waals surface area contributed by atoms with Crippen molar-refractivity contribution in [2.24, 2.45) is 0 Å². The third-order valence-corrected chi connectivity index (χ3v) is 5.96. The molecule has 0 bridgehead atoms. The molecule has 1 aromatic heterocycles. The van der Waals surface area contributed by atoms with Crippen LogP contribution in [0.1, 0.15) is 32.1 Å². The first-order chi connectivity index (χ1) is 14.6. The molecule has 1 aromatic carbocycles. The van der Waals surface area contributed by atoms with E-state index in [1.165, 1.54) is 16.2 Å². The smallest absolute Gasteiger partial charge is 0.278 e. The minimum absolute atomic E-state index is 0.249. The predicted molar refractivity (Wildman–Crippen MR) is 123 cm³/mol. The first-order valence-corrected chi connectivity index (χ1v) is 11.3. The highest BCUT2D eigenvalue weighted by Gasteiger charge is 2.39. The Morgan fingerprint density at radius 1 is 1.03 bits per heavy atom. The van der Waals surface area contributed by atoms with Gasteiger partial charge in [-0.25, -0.2) is 0 Å². The van der Waals surface area contributed by atoms with Crippen molar-refractivity contribution in [3.8, 4) is 0 Å². The number of ether oxygens (including phenoxy) is 1. The molecule has 2 aromatic rings. The number of carbonyl (C=O) groups is 2. The summed E-state index contributed by atoms with van der Waals surface area (Å²) in [6.07, 6.45) is 0.620. The molecule has 30 heavy (non-hydrogen) atoms. The lowest BCUT2D eigenvalue weighted by Crippen LogP contribution is -2.33. The largest absolute Gasteiger partial charge is 0.382 e. The van der Waals surface area contributed by atoms with Crippen LogP contribution in [0.3, 0.4) is 0 Å². The van der Waals surface area contributed by atoms with Gasteiger partial charge in [0.25, 0.3) is 11.8 Å². The van der Waals surface area contributed by atoms with Crippen LogP contribution in [-0.2, 0) is 14.3 Å². The van der Waals surface area contributed by atoms with Gasteiger partial charge < -0.3 is 15.0 Å². The van der Waals surface area contributed by atoms with Crippen LogP contribution >= 0.6 is 11.3 Å². The topological polar surface area (TPSA) is 61.9 Å². The number of nitrogens with one attached hydrogen (secondary N) is 1. The van der Waals surface area contributed by atoms with E-state index in [9.17, 15) is 9.59 Å². The van der Waals surface area contributed by atoms with E-state index in [1.54, 1.807) is 0 Å². The number of hydrogen-bond donors (Lipinski definition) is 1. The second kappa shape index (κ2) is 10.4. The van der Waals surface area contributed by atoms with E-state index < -0.39 is 0 Å². The monoisotopic (exact) mass is 427 g/mol. The van der Waals surface area contributed by atoms with Crippen LogP contribution in [0.25, 0.3) is 5.57 Å². The van der Waals surface area contributed by atoms with Crippen LogP contribution in [0.15, 0.2) is 47.5 Å². The van der Waals surface area contributed by atoms with Crippen LogP contribution in [0.4, 0.5) is 11.4 Å². The Morgan fingerprint density at radius 2 is 1.77 bits per heavy atom. The number of hydrogen-bond acceptors (Lipinski definition) is 6. The van der Waals surface area contributed by atoms with Crippen LogP contribution in [-0.4, -0.2) is 49.6 Å². The van der Waals surface area contributed by atoms with Gasteiger partial charge in [0, 0.05) is 49.1 Å². The van der Waals surface area contributed by atoms with Crippen molar-refractivity contribution in [2.75, 3.05) is 43.1 Å². The average molecular weight is 428 g/mol. The first-order valence-electron chi connectivity index (χ1n) is 10.4. The van der Waals surface area contributed by atoms with Crippen molar-refractivity contribution in [1.29, 1.82) is 0 Å². The van der Waals surface area contributed by atoms with Gasteiger partial charge in [-0.05, 0) is 62.9 Å². The number of carbonyl (C=O) groups excluding carboxylic acids is 2. The molecule has 0 saturated carbocycles. The highest BCUT2D eigenvalue weighted by Crippen LogP contribution is 2.33. The molecular formula is C23H29N3O3S. The Kier molecular flexibility index (Phi) is 7.65. The number of benzene rings is 1. The summed E-state index contributed by atoms with van der Waals surface area (Å²) in [5, 5.41) is 5.13. The van der Waals surface area contributed by atoms with Crippen molar-refractivity contribution in [3.05, 3.63) is 52.4 Å². The van der Waals surface area contributed by atoms with Gasteiger partial charge in [0.15, 0.2) is 0 Å². The normalized spacial score (nSPS) is 14.0. The fourth-order valence-corrected chi connectivity index (χ4v) is 4.27. The molecule has 0 saturated heterocycles. The molecule has 0 aliphatic carbocycles. The Bertz CT molecular complexity index is 887. The minimum atomic E-state index is -0.285. The molecule has 0 spiro atoms. The number of amides is 2. The summed E-state index contributed by atoms with van der Waals surface area (Å²) in [6, 6.07) is 11.7. The van der Waals surface area contributed by atoms with E-state index in [0.717, 1.165) is 29.3 Å². The molecule has 7 heteroatoms. The fraction of sp³-hybridized carbons (Fsp3) is 0.391. The lowest BCUT2D eigenvalue weighted by atomic mass is 10.1. The van der Waals surface area contributed by atoms with Gasteiger partial charge in [-0.3, -0.25) is 14.5 Å². The highest BCUT2D eigenvalue weighted by atomic mass is 32.1. The minimum Gasteiger partial charge on any atom is -0.382 e.